The van der Waals surface area contributed by atoms with Gasteiger partial charge < -0.3 is 15.4 Å². The van der Waals surface area contributed by atoms with Crippen LogP contribution in [0.2, 0.25) is 0 Å². The fourth-order valence-corrected chi connectivity index (χ4v) is 2.80. The SMILES string of the molecule is CC1(C)CC(NCCNC(=O)C2CC2)C(C)(C)O1. The minimum atomic E-state index is -0.135. The van der Waals surface area contributed by atoms with Gasteiger partial charge in [-0.15, -0.1) is 0 Å². The first-order chi connectivity index (χ1) is 8.30. The molecular weight excluding hydrogens is 228 g/mol. The Morgan fingerprint density at radius 2 is 1.89 bits per heavy atom. The summed E-state index contributed by atoms with van der Waals surface area (Å²) in [7, 11) is 0. The number of carbonyl (C=O) groups is 1. The van der Waals surface area contributed by atoms with Crippen molar-refractivity contribution in [2.45, 2.75) is 64.2 Å². The van der Waals surface area contributed by atoms with E-state index in [0.29, 0.717) is 18.5 Å². The lowest BCUT2D eigenvalue weighted by atomic mass is 9.94. The van der Waals surface area contributed by atoms with Gasteiger partial charge >= 0.3 is 0 Å². The van der Waals surface area contributed by atoms with Crippen LogP contribution in [0.1, 0.15) is 47.0 Å². The average Bonchev–Trinajstić information content (AvgIpc) is 3.00. The number of nitrogens with one attached hydrogen (secondary N) is 2. The lowest BCUT2D eigenvalue weighted by molar-refractivity contribution is -0.122. The normalized spacial score (nSPS) is 29.2. The Bertz CT molecular complexity index is 322. The first-order valence-corrected chi connectivity index (χ1v) is 7.01. The van der Waals surface area contributed by atoms with E-state index in [1.807, 2.05) is 0 Å². The molecule has 0 bridgehead atoms. The van der Waals surface area contributed by atoms with Crippen molar-refractivity contribution in [2.75, 3.05) is 13.1 Å². The topological polar surface area (TPSA) is 50.4 Å². The van der Waals surface area contributed by atoms with Gasteiger partial charge in [0.25, 0.3) is 0 Å². The highest BCUT2D eigenvalue weighted by atomic mass is 16.5. The molecule has 4 heteroatoms. The zero-order chi connectivity index (χ0) is 13.4. The molecule has 0 radical (unpaired) electrons. The molecule has 1 aliphatic carbocycles. The van der Waals surface area contributed by atoms with Crippen LogP contribution < -0.4 is 10.6 Å². The molecule has 0 aromatic heterocycles. The molecular formula is C14H26N2O2. The molecule has 1 unspecified atom stereocenters. The lowest BCUT2D eigenvalue weighted by Gasteiger charge is -2.27. The van der Waals surface area contributed by atoms with Gasteiger partial charge in [0.1, 0.15) is 0 Å². The molecule has 1 heterocycles. The standard InChI is InChI=1S/C14H26N2O2/c1-13(2)9-11(14(3,4)18-13)15-7-8-16-12(17)10-5-6-10/h10-11,15H,5-9H2,1-4H3,(H,16,17). The number of hydrogen-bond acceptors (Lipinski definition) is 3. The van der Waals surface area contributed by atoms with E-state index in [1.165, 1.54) is 0 Å². The zero-order valence-corrected chi connectivity index (χ0v) is 12.0. The van der Waals surface area contributed by atoms with E-state index in [4.69, 9.17) is 4.74 Å². The van der Waals surface area contributed by atoms with Crippen molar-refractivity contribution in [3.05, 3.63) is 0 Å². The molecule has 2 N–H and O–H groups in total. The van der Waals surface area contributed by atoms with E-state index >= 15 is 0 Å². The maximum absolute atomic E-state index is 11.5. The van der Waals surface area contributed by atoms with E-state index in [1.54, 1.807) is 0 Å². The fraction of sp³-hybridized carbons (Fsp3) is 0.929. The van der Waals surface area contributed by atoms with Gasteiger partial charge in [-0.1, -0.05) is 0 Å². The van der Waals surface area contributed by atoms with E-state index < -0.39 is 0 Å². The van der Waals surface area contributed by atoms with Crippen molar-refractivity contribution >= 4 is 5.91 Å². The number of rotatable bonds is 5. The first-order valence-electron chi connectivity index (χ1n) is 7.01. The van der Waals surface area contributed by atoms with E-state index in [-0.39, 0.29) is 17.1 Å². The van der Waals surface area contributed by atoms with E-state index in [9.17, 15) is 4.79 Å². The highest BCUT2D eigenvalue weighted by molar-refractivity contribution is 5.80. The van der Waals surface area contributed by atoms with Gasteiger partial charge in [0.15, 0.2) is 0 Å². The van der Waals surface area contributed by atoms with Gasteiger partial charge in [0.2, 0.25) is 5.91 Å². The third-order valence-electron chi connectivity index (χ3n) is 3.84. The van der Waals surface area contributed by atoms with Gasteiger partial charge in [0, 0.05) is 25.0 Å². The minimum Gasteiger partial charge on any atom is -0.368 e. The number of hydrogen-bond donors (Lipinski definition) is 2. The van der Waals surface area contributed by atoms with Crippen molar-refractivity contribution in [3.63, 3.8) is 0 Å². The second-order valence-corrected chi connectivity index (χ2v) is 6.74. The fourth-order valence-electron chi connectivity index (χ4n) is 2.80. The summed E-state index contributed by atoms with van der Waals surface area (Å²) in [4.78, 5) is 11.5. The predicted octanol–water partition coefficient (Wildman–Crippen LogP) is 1.45. The lowest BCUT2D eigenvalue weighted by Crippen LogP contribution is -2.46. The molecule has 2 aliphatic rings. The summed E-state index contributed by atoms with van der Waals surface area (Å²) < 4.78 is 6.03. The molecule has 1 amide bonds. The van der Waals surface area contributed by atoms with Crippen LogP contribution in [0, 0.1) is 5.92 Å². The molecule has 0 aromatic carbocycles. The van der Waals surface area contributed by atoms with Gasteiger partial charge in [-0.25, -0.2) is 0 Å². The van der Waals surface area contributed by atoms with Crippen molar-refractivity contribution in [2.24, 2.45) is 5.92 Å². The van der Waals surface area contributed by atoms with Gasteiger partial charge in [-0.05, 0) is 47.0 Å². The molecule has 18 heavy (non-hydrogen) atoms. The summed E-state index contributed by atoms with van der Waals surface area (Å²) in [5.74, 6) is 0.522. The largest absolute Gasteiger partial charge is 0.368 e. The number of amides is 1. The summed E-state index contributed by atoms with van der Waals surface area (Å²) in [6.07, 6.45) is 3.14. The second-order valence-electron chi connectivity index (χ2n) is 6.74. The summed E-state index contributed by atoms with van der Waals surface area (Å²) in [5, 5.41) is 6.48. The Morgan fingerprint density at radius 3 is 2.39 bits per heavy atom. The summed E-state index contributed by atoms with van der Waals surface area (Å²) in [6.45, 7) is 10.0. The summed E-state index contributed by atoms with van der Waals surface area (Å²) >= 11 is 0. The third kappa shape index (κ3) is 3.45. The Hall–Kier alpha value is -0.610. The smallest absolute Gasteiger partial charge is 0.223 e. The van der Waals surface area contributed by atoms with Crippen LogP contribution in [0.3, 0.4) is 0 Å². The molecule has 104 valence electrons. The van der Waals surface area contributed by atoms with Crippen molar-refractivity contribution < 1.29 is 9.53 Å². The van der Waals surface area contributed by atoms with Crippen molar-refractivity contribution in [1.82, 2.24) is 10.6 Å². The van der Waals surface area contributed by atoms with Crippen LogP contribution in [-0.2, 0) is 9.53 Å². The van der Waals surface area contributed by atoms with Crippen molar-refractivity contribution in [1.29, 1.82) is 0 Å². The third-order valence-corrected chi connectivity index (χ3v) is 3.84. The van der Waals surface area contributed by atoms with Crippen LogP contribution in [-0.4, -0.2) is 36.2 Å². The van der Waals surface area contributed by atoms with E-state index in [0.717, 1.165) is 25.8 Å². The Morgan fingerprint density at radius 1 is 1.22 bits per heavy atom. The Labute approximate surface area is 110 Å². The summed E-state index contributed by atoms with van der Waals surface area (Å²) in [6, 6.07) is 0.352. The molecule has 2 rings (SSSR count). The molecule has 1 saturated carbocycles. The maximum Gasteiger partial charge on any atom is 0.223 e. The maximum atomic E-state index is 11.5. The van der Waals surface area contributed by atoms with Gasteiger partial charge in [-0.2, -0.15) is 0 Å². The number of ether oxygens (including phenoxy) is 1. The molecule has 2 fully saturated rings. The molecule has 1 saturated heterocycles. The van der Waals surface area contributed by atoms with Gasteiger partial charge in [-0.3, -0.25) is 4.79 Å². The second kappa shape index (κ2) is 4.82. The molecule has 1 atom stereocenters. The van der Waals surface area contributed by atoms with Crippen LogP contribution in [0.25, 0.3) is 0 Å². The molecule has 1 aliphatic heterocycles. The molecule has 4 nitrogen and oxygen atoms in total. The number of carbonyl (C=O) groups excluding carboxylic acids is 1. The zero-order valence-electron chi connectivity index (χ0n) is 12.0. The highest BCUT2D eigenvalue weighted by Gasteiger charge is 2.45. The quantitative estimate of drug-likeness (QED) is 0.730. The predicted molar refractivity (Wildman–Crippen MR) is 71.4 cm³/mol. The van der Waals surface area contributed by atoms with Crippen LogP contribution in [0.4, 0.5) is 0 Å². The highest BCUT2D eigenvalue weighted by Crippen LogP contribution is 2.37. The van der Waals surface area contributed by atoms with E-state index in [2.05, 4.69) is 38.3 Å². The molecule has 0 spiro atoms. The average molecular weight is 254 g/mol. The van der Waals surface area contributed by atoms with Gasteiger partial charge in [0.05, 0.1) is 11.2 Å². The Kier molecular flexibility index (Phi) is 3.70. The minimum absolute atomic E-state index is 0.0571. The summed E-state index contributed by atoms with van der Waals surface area (Å²) in [5.41, 5.74) is -0.192. The first kappa shape index (κ1) is 13.8. The van der Waals surface area contributed by atoms with Crippen LogP contribution in [0.15, 0.2) is 0 Å². The van der Waals surface area contributed by atoms with Crippen LogP contribution in [0.5, 0.6) is 0 Å². The van der Waals surface area contributed by atoms with Crippen molar-refractivity contribution in [3.8, 4) is 0 Å². The molecule has 0 aromatic rings. The monoisotopic (exact) mass is 254 g/mol. The van der Waals surface area contributed by atoms with Crippen LogP contribution >= 0.6 is 0 Å². The Balaban J connectivity index is 1.68.